The van der Waals surface area contributed by atoms with E-state index in [1.807, 2.05) is 36.0 Å². The number of benzene rings is 1. The van der Waals surface area contributed by atoms with Gasteiger partial charge in [-0.15, -0.1) is 0 Å². The minimum atomic E-state index is -1.03. The lowest BCUT2D eigenvalue weighted by atomic mass is 10.1. The molecule has 17 heavy (non-hydrogen) atoms. The summed E-state index contributed by atoms with van der Waals surface area (Å²) in [6.07, 6.45) is 0.886. The van der Waals surface area contributed by atoms with Crippen LogP contribution in [0.2, 0.25) is 0 Å². The maximum Gasteiger partial charge on any atom is 0.119 e. The summed E-state index contributed by atoms with van der Waals surface area (Å²) in [5.41, 5.74) is 2.44. The summed E-state index contributed by atoms with van der Waals surface area (Å²) in [5, 5.41) is 13.7. The second kappa shape index (κ2) is 5.10. The minimum Gasteiger partial charge on any atom is -0.386 e. The molecule has 4 heteroatoms. The lowest BCUT2D eigenvalue weighted by Gasteiger charge is -2.06. The Morgan fingerprint density at radius 3 is 2.53 bits per heavy atom. The van der Waals surface area contributed by atoms with Gasteiger partial charge in [-0.2, -0.15) is 5.10 Å². The van der Waals surface area contributed by atoms with Gasteiger partial charge in [-0.1, -0.05) is 24.3 Å². The second-order valence-electron chi connectivity index (χ2n) is 3.85. The highest BCUT2D eigenvalue weighted by atomic mass is 19.1. The molecule has 1 aromatic heterocycles. The number of aliphatic hydroxyl groups is 1. The Bertz CT molecular complexity index is 478. The van der Waals surface area contributed by atoms with Crippen LogP contribution < -0.4 is 0 Å². The summed E-state index contributed by atoms with van der Waals surface area (Å²) in [5.74, 6) is 0. The highest BCUT2D eigenvalue weighted by Gasteiger charge is 2.07. The van der Waals surface area contributed by atoms with E-state index in [1.54, 1.807) is 12.1 Å². The number of aromatic nitrogens is 2. The molecule has 1 unspecified atom stereocenters. The summed E-state index contributed by atoms with van der Waals surface area (Å²) in [6, 6.07) is 9.08. The van der Waals surface area contributed by atoms with Crippen molar-refractivity contribution < 1.29 is 9.50 Å². The molecule has 0 amide bonds. The molecule has 0 saturated heterocycles. The molecule has 0 radical (unpaired) electrons. The molecule has 1 atom stereocenters. The van der Waals surface area contributed by atoms with Crippen molar-refractivity contribution in [2.45, 2.75) is 19.6 Å². The lowest BCUT2D eigenvalue weighted by molar-refractivity contribution is 0.142. The van der Waals surface area contributed by atoms with Gasteiger partial charge in [0.05, 0.1) is 5.69 Å². The smallest absolute Gasteiger partial charge is 0.119 e. The van der Waals surface area contributed by atoms with Crippen LogP contribution in [0.1, 0.15) is 18.6 Å². The summed E-state index contributed by atoms with van der Waals surface area (Å²) in [7, 11) is 0. The van der Waals surface area contributed by atoms with Crippen molar-refractivity contribution in [1.29, 1.82) is 0 Å². The zero-order chi connectivity index (χ0) is 12.3. The fourth-order valence-electron chi connectivity index (χ4n) is 1.66. The largest absolute Gasteiger partial charge is 0.386 e. The average molecular weight is 234 g/mol. The first-order valence-electron chi connectivity index (χ1n) is 5.62. The van der Waals surface area contributed by atoms with E-state index < -0.39 is 12.8 Å². The standard InChI is InChI=1S/C13H15FN2O/c1-2-16-8-7-12(15-16)10-3-5-11(6-4-10)13(17)9-14/h3-8,13,17H,2,9H2,1H3. The lowest BCUT2D eigenvalue weighted by Crippen LogP contribution is -1.98. The molecule has 0 aliphatic heterocycles. The van der Waals surface area contributed by atoms with Gasteiger partial charge in [0.15, 0.2) is 0 Å². The number of nitrogens with zero attached hydrogens (tertiary/aromatic N) is 2. The third-order valence-electron chi connectivity index (χ3n) is 2.70. The highest BCUT2D eigenvalue weighted by molar-refractivity contribution is 5.58. The Morgan fingerprint density at radius 2 is 2.00 bits per heavy atom. The first-order chi connectivity index (χ1) is 8.24. The minimum absolute atomic E-state index is 0.589. The van der Waals surface area contributed by atoms with Crippen molar-refractivity contribution in [2.24, 2.45) is 0 Å². The van der Waals surface area contributed by atoms with Gasteiger partial charge < -0.3 is 5.11 Å². The zero-order valence-corrected chi connectivity index (χ0v) is 9.68. The van der Waals surface area contributed by atoms with Gasteiger partial charge in [0.1, 0.15) is 12.8 Å². The molecule has 1 aromatic carbocycles. The average Bonchev–Trinajstić information content (AvgIpc) is 2.87. The molecular weight excluding hydrogens is 219 g/mol. The van der Waals surface area contributed by atoms with E-state index >= 15 is 0 Å². The molecule has 0 fully saturated rings. The van der Waals surface area contributed by atoms with Crippen molar-refractivity contribution in [1.82, 2.24) is 9.78 Å². The van der Waals surface area contributed by atoms with Crippen molar-refractivity contribution in [2.75, 3.05) is 6.67 Å². The Kier molecular flexibility index (Phi) is 3.54. The number of halogens is 1. The monoisotopic (exact) mass is 234 g/mol. The molecule has 3 nitrogen and oxygen atoms in total. The number of rotatable bonds is 4. The van der Waals surface area contributed by atoms with Crippen LogP contribution in [0.15, 0.2) is 36.5 Å². The van der Waals surface area contributed by atoms with Crippen LogP contribution in [-0.4, -0.2) is 21.6 Å². The molecule has 0 aliphatic rings. The highest BCUT2D eigenvalue weighted by Crippen LogP contribution is 2.20. The summed E-state index contributed by atoms with van der Waals surface area (Å²) < 4.78 is 14.1. The Balaban J connectivity index is 2.22. The first-order valence-corrected chi connectivity index (χ1v) is 5.62. The fourth-order valence-corrected chi connectivity index (χ4v) is 1.66. The summed E-state index contributed by atoms with van der Waals surface area (Å²) in [6.45, 7) is 2.10. The van der Waals surface area contributed by atoms with Crippen LogP contribution in [0.25, 0.3) is 11.3 Å². The Morgan fingerprint density at radius 1 is 1.29 bits per heavy atom. The topological polar surface area (TPSA) is 38.0 Å². The Labute approximate surface area is 99.5 Å². The van der Waals surface area contributed by atoms with Crippen LogP contribution in [0.4, 0.5) is 4.39 Å². The third kappa shape index (κ3) is 2.53. The van der Waals surface area contributed by atoms with E-state index in [1.165, 1.54) is 0 Å². The summed E-state index contributed by atoms with van der Waals surface area (Å²) >= 11 is 0. The van der Waals surface area contributed by atoms with Crippen molar-refractivity contribution in [3.05, 3.63) is 42.1 Å². The zero-order valence-electron chi connectivity index (χ0n) is 9.68. The van der Waals surface area contributed by atoms with Crippen LogP contribution >= 0.6 is 0 Å². The van der Waals surface area contributed by atoms with Gasteiger partial charge in [0.2, 0.25) is 0 Å². The fraction of sp³-hybridized carbons (Fsp3) is 0.308. The molecule has 1 N–H and O–H groups in total. The SMILES string of the molecule is CCn1ccc(-c2ccc(C(O)CF)cc2)n1. The van der Waals surface area contributed by atoms with Gasteiger partial charge in [-0.25, -0.2) is 4.39 Å². The van der Waals surface area contributed by atoms with Crippen LogP contribution in [-0.2, 0) is 6.54 Å². The van der Waals surface area contributed by atoms with Crippen molar-refractivity contribution >= 4 is 0 Å². The maximum atomic E-state index is 12.3. The predicted octanol–water partition coefficient (Wildman–Crippen LogP) is 2.57. The van der Waals surface area contributed by atoms with Gasteiger partial charge in [-0.3, -0.25) is 4.68 Å². The molecule has 0 aliphatic carbocycles. The normalized spacial score (nSPS) is 12.6. The van der Waals surface area contributed by atoms with E-state index in [0.29, 0.717) is 5.56 Å². The molecular formula is C13H15FN2O. The predicted molar refractivity (Wildman–Crippen MR) is 64.3 cm³/mol. The van der Waals surface area contributed by atoms with Crippen molar-refractivity contribution in [3.8, 4) is 11.3 Å². The van der Waals surface area contributed by atoms with E-state index in [-0.39, 0.29) is 0 Å². The molecule has 90 valence electrons. The molecule has 2 aromatic rings. The quantitative estimate of drug-likeness (QED) is 0.883. The van der Waals surface area contributed by atoms with Crippen molar-refractivity contribution in [3.63, 3.8) is 0 Å². The third-order valence-corrected chi connectivity index (χ3v) is 2.70. The van der Waals surface area contributed by atoms with Crippen LogP contribution in [0, 0.1) is 0 Å². The number of aryl methyl sites for hydroxylation is 1. The second-order valence-corrected chi connectivity index (χ2v) is 3.85. The number of hydrogen-bond acceptors (Lipinski definition) is 2. The van der Waals surface area contributed by atoms with Gasteiger partial charge in [0, 0.05) is 18.3 Å². The van der Waals surface area contributed by atoms with Gasteiger partial charge >= 0.3 is 0 Å². The van der Waals surface area contributed by atoms with E-state index in [0.717, 1.165) is 17.8 Å². The molecule has 1 heterocycles. The number of aliphatic hydroxyl groups excluding tert-OH is 1. The van der Waals surface area contributed by atoms with Gasteiger partial charge in [0.25, 0.3) is 0 Å². The number of alkyl halides is 1. The Hall–Kier alpha value is -1.68. The van der Waals surface area contributed by atoms with Crippen LogP contribution in [0.5, 0.6) is 0 Å². The maximum absolute atomic E-state index is 12.3. The summed E-state index contributed by atoms with van der Waals surface area (Å²) in [4.78, 5) is 0. The van der Waals surface area contributed by atoms with Gasteiger partial charge in [-0.05, 0) is 18.6 Å². The first kappa shape index (κ1) is 11.8. The van der Waals surface area contributed by atoms with Crippen LogP contribution in [0.3, 0.4) is 0 Å². The number of hydrogen-bond donors (Lipinski definition) is 1. The molecule has 0 spiro atoms. The molecule has 0 saturated carbocycles. The molecule has 0 bridgehead atoms. The molecule has 2 rings (SSSR count). The van der Waals surface area contributed by atoms with E-state index in [4.69, 9.17) is 0 Å². The van der Waals surface area contributed by atoms with E-state index in [9.17, 15) is 9.50 Å². The van der Waals surface area contributed by atoms with E-state index in [2.05, 4.69) is 5.10 Å².